The van der Waals surface area contributed by atoms with Gasteiger partial charge in [0.1, 0.15) is 4.83 Å². The Morgan fingerprint density at radius 2 is 1.85 bits per heavy atom. The summed E-state index contributed by atoms with van der Waals surface area (Å²) < 4.78 is 1.76. The SMILES string of the molecule is Cn1c(N2CCCC2)nc2sc3c(c2c1=O)CCCC3. The zero-order valence-corrected chi connectivity index (χ0v) is 12.6. The first-order valence-corrected chi connectivity index (χ1v) is 8.33. The van der Waals surface area contributed by atoms with Crippen LogP contribution in [0.15, 0.2) is 4.79 Å². The van der Waals surface area contributed by atoms with Crippen molar-refractivity contribution < 1.29 is 0 Å². The first kappa shape index (κ1) is 12.4. The monoisotopic (exact) mass is 289 g/mol. The van der Waals surface area contributed by atoms with E-state index in [2.05, 4.69) is 4.90 Å². The fourth-order valence-electron chi connectivity index (χ4n) is 3.48. The molecule has 0 saturated carbocycles. The fraction of sp³-hybridized carbons (Fsp3) is 0.600. The average Bonchev–Trinajstić information content (AvgIpc) is 3.09. The Kier molecular flexibility index (Phi) is 2.84. The maximum Gasteiger partial charge on any atom is 0.263 e. The average molecular weight is 289 g/mol. The van der Waals surface area contributed by atoms with Crippen LogP contribution in [0.25, 0.3) is 10.2 Å². The van der Waals surface area contributed by atoms with Gasteiger partial charge in [-0.25, -0.2) is 4.98 Å². The van der Waals surface area contributed by atoms with Crippen molar-refractivity contribution >= 4 is 27.5 Å². The second-order valence-corrected chi connectivity index (χ2v) is 6.94. The molecule has 4 rings (SSSR count). The van der Waals surface area contributed by atoms with Gasteiger partial charge >= 0.3 is 0 Å². The van der Waals surface area contributed by atoms with Gasteiger partial charge in [-0.3, -0.25) is 9.36 Å². The lowest BCUT2D eigenvalue weighted by Gasteiger charge is -2.19. The van der Waals surface area contributed by atoms with Crippen molar-refractivity contribution in [3.63, 3.8) is 0 Å². The minimum atomic E-state index is 0.149. The van der Waals surface area contributed by atoms with Gasteiger partial charge in [0.25, 0.3) is 5.56 Å². The summed E-state index contributed by atoms with van der Waals surface area (Å²) in [5, 5.41) is 0.898. The molecule has 0 N–H and O–H groups in total. The van der Waals surface area contributed by atoms with Gasteiger partial charge in [0.05, 0.1) is 5.39 Å². The summed E-state index contributed by atoms with van der Waals surface area (Å²) in [5.41, 5.74) is 1.44. The Balaban J connectivity index is 1.96. The van der Waals surface area contributed by atoms with Crippen molar-refractivity contribution in [1.82, 2.24) is 9.55 Å². The van der Waals surface area contributed by atoms with Crippen LogP contribution in [0.3, 0.4) is 0 Å². The summed E-state index contributed by atoms with van der Waals surface area (Å²) in [6.07, 6.45) is 7.03. The number of hydrogen-bond acceptors (Lipinski definition) is 4. The van der Waals surface area contributed by atoms with Crippen LogP contribution in [0.4, 0.5) is 5.95 Å². The molecule has 0 atom stereocenters. The van der Waals surface area contributed by atoms with Crippen molar-refractivity contribution in [2.24, 2.45) is 7.05 Å². The Morgan fingerprint density at radius 3 is 2.65 bits per heavy atom. The quantitative estimate of drug-likeness (QED) is 0.809. The molecule has 106 valence electrons. The molecule has 2 aromatic heterocycles. The molecule has 0 bridgehead atoms. The molecule has 0 aromatic carbocycles. The zero-order chi connectivity index (χ0) is 13.7. The lowest BCUT2D eigenvalue weighted by Crippen LogP contribution is -2.29. The molecular formula is C15H19N3OS. The van der Waals surface area contributed by atoms with Gasteiger partial charge < -0.3 is 4.90 Å². The third kappa shape index (κ3) is 1.72. The smallest absolute Gasteiger partial charge is 0.263 e. The zero-order valence-electron chi connectivity index (χ0n) is 11.8. The van der Waals surface area contributed by atoms with E-state index in [1.165, 1.54) is 36.1 Å². The topological polar surface area (TPSA) is 38.1 Å². The second kappa shape index (κ2) is 4.58. The first-order valence-electron chi connectivity index (χ1n) is 7.52. The number of anilines is 1. The Morgan fingerprint density at radius 1 is 1.10 bits per heavy atom. The minimum absolute atomic E-state index is 0.149. The van der Waals surface area contributed by atoms with E-state index in [0.717, 1.165) is 42.1 Å². The van der Waals surface area contributed by atoms with Gasteiger partial charge in [0.2, 0.25) is 5.95 Å². The van der Waals surface area contributed by atoms with E-state index in [1.54, 1.807) is 15.9 Å². The van der Waals surface area contributed by atoms with E-state index < -0.39 is 0 Å². The summed E-state index contributed by atoms with van der Waals surface area (Å²) in [6.45, 7) is 2.05. The van der Waals surface area contributed by atoms with Crippen LogP contribution in [0, 0.1) is 0 Å². The van der Waals surface area contributed by atoms with Gasteiger partial charge in [-0.05, 0) is 44.1 Å². The van der Waals surface area contributed by atoms with Crippen molar-refractivity contribution in [3.05, 3.63) is 20.8 Å². The Labute approximate surface area is 122 Å². The van der Waals surface area contributed by atoms with Gasteiger partial charge in [-0.15, -0.1) is 11.3 Å². The van der Waals surface area contributed by atoms with E-state index in [0.29, 0.717) is 0 Å². The van der Waals surface area contributed by atoms with Gasteiger partial charge in [0.15, 0.2) is 0 Å². The molecule has 1 saturated heterocycles. The van der Waals surface area contributed by atoms with Crippen LogP contribution in [-0.2, 0) is 19.9 Å². The molecule has 20 heavy (non-hydrogen) atoms. The van der Waals surface area contributed by atoms with Crippen LogP contribution in [-0.4, -0.2) is 22.6 Å². The highest BCUT2D eigenvalue weighted by Crippen LogP contribution is 2.34. The molecule has 0 amide bonds. The number of aromatic nitrogens is 2. The molecule has 2 aromatic rings. The van der Waals surface area contributed by atoms with Crippen molar-refractivity contribution in [1.29, 1.82) is 0 Å². The fourth-order valence-corrected chi connectivity index (χ4v) is 4.72. The van der Waals surface area contributed by atoms with Crippen LogP contribution in [0.1, 0.15) is 36.1 Å². The maximum absolute atomic E-state index is 12.7. The maximum atomic E-state index is 12.7. The highest BCUT2D eigenvalue weighted by molar-refractivity contribution is 7.18. The predicted molar refractivity (Wildman–Crippen MR) is 83.0 cm³/mol. The van der Waals surface area contributed by atoms with Crippen molar-refractivity contribution in [3.8, 4) is 0 Å². The summed E-state index contributed by atoms with van der Waals surface area (Å²) in [4.78, 5) is 22.2. The number of aryl methyl sites for hydroxylation is 2. The van der Waals surface area contributed by atoms with Crippen LogP contribution in [0.5, 0.6) is 0 Å². The van der Waals surface area contributed by atoms with Crippen LogP contribution < -0.4 is 10.5 Å². The Hall–Kier alpha value is -1.36. The minimum Gasteiger partial charge on any atom is -0.342 e. The van der Waals surface area contributed by atoms with Gasteiger partial charge in [-0.2, -0.15) is 0 Å². The normalized spacial score (nSPS) is 18.8. The largest absolute Gasteiger partial charge is 0.342 e. The van der Waals surface area contributed by atoms with E-state index in [1.807, 2.05) is 7.05 Å². The molecule has 5 heteroatoms. The molecule has 4 nitrogen and oxygen atoms in total. The molecule has 1 fully saturated rings. The number of nitrogens with zero attached hydrogens (tertiary/aromatic N) is 3. The van der Waals surface area contributed by atoms with Crippen molar-refractivity contribution in [2.75, 3.05) is 18.0 Å². The summed E-state index contributed by atoms with van der Waals surface area (Å²) in [6, 6.07) is 0. The van der Waals surface area contributed by atoms with Crippen LogP contribution >= 0.6 is 11.3 Å². The van der Waals surface area contributed by atoms with E-state index >= 15 is 0 Å². The standard InChI is InChI=1S/C15H19N3OS/c1-17-14(19)12-10-6-2-3-7-11(10)20-13(12)16-15(17)18-8-4-5-9-18/h2-9H2,1H3. The van der Waals surface area contributed by atoms with Crippen LogP contribution in [0.2, 0.25) is 0 Å². The third-order valence-electron chi connectivity index (χ3n) is 4.56. The Bertz CT molecular complexity index is 725. The van der Waals surface area contributed by atoms with Gasteiger partial charge in [-0.1, -0.05) is 0 Å². The van der Waals surface area contributed by atoms with E-state index in [-0.39, 0.29) is 5.56 Å². The molecule has 3 heterocycles. The molecule has 0 unspecified atom stereocenters. The number of fused-ring (bicyclic) bond motifs is 3. The van der Waals surface area contributed by atoms with Gasteiger partial charge in [0, 0.05) is 25.0 Å². The second-order valence-electron chi connectivity index (χ2n) is 5.86. The number of thiophene rings is 1. The molecular weight excluding hydrogens is 270 g/mol. The first-order chi connectivity index (χ1) is 9.75. The predicted octanol–water partition coefficient (Wildman–Crippen LogP) is 2.47. The molecule has 1 aliphatic carbocycles. The number of rotatable bonds is 1. The van der Waals surface area contributed by atoms with E-state index in [9.17, 15) is 4.79 Å². The highest BCUT2D eigenvalue weighted by Gasteiger charge is 2.23. The molecule has 0 radical (unpaired) electrons. The molecule has 2 aliphatic rings. The lowest BCUT2D eigenvalue weighted by atomic mass is 9.97. The molecule has 1 aliphatic heterocycles. The summed E-state index contributed by atoms with van der Waals surface area (Å²) in [7, 11) is 1.87. The van der Waals surface area contributed by atoms with Crippen molar-refractivity contribution in [2.45, 2.75) is 38.5 Å². The third-order valence-corrected chi connectivity index (χ3v) is 5.75. The molecule has 0 spiro atoms. The van der Waals surface area contributed by atoms with E-state index in [4.69, 9.17) is 4.98 Å². The lowest BCUT2D eigenvalue weighted by molar-refractivity contribution is 0.698. The summed E-state index contributed by atoms with van der Waals surface area (Å²) in [5.74, 6) is 0.860. The number of hydrogen-bond donors (Lipinski definition) is 0. The summed E-state index contributed by atoms with van der Waals surface area (Å²) >= 11 is 1.74. The highest BCUT2D eigenvalue weighted by atomic mass is 32.1.